The summed E-state index contributed by atoms with van der Waals surface area (Å²) in [6.45, 7) is 2.55. The lowest BCUT2D eigenvalue weighted by Crippen LogP contribution is -2.35. The van der Waals surface area contributed by atoms with Gasteiger partial charge in [-0.05, 0) is 37.2 Å². The van der Waals surface area contributed by atoms with Crippen molar-refractivity contribution in [2.75, 3.05) is 10.6 Å². The van der Waals surface area contributed by atoms with Crippen LogP contribution in [-0.4, -0.2) is 50.6 Å². The van der Waals surface area contributed by atoms with Crippen molar-refractivity contribution in [3.8, 4) is 0 Å². The number of hydrogen-bond acceptors (Lipinski definition) is 7. The molecule has 0 amide bonds. The van der Waals surface area contributed by atoms with E-state index in [2.05, 4.69) is 32.7 Å². The number of benzene rings is 1. The molecular formula is C22H30N4O3. The second kappa shape index (κ2) is 9.07. The van der Waals surface area contributed by atoms with Crippen LogP contribution in [0.2, 0.25) is 0 Å². The first-order chi connectivity index (χ1) is 14.1. The number of hydrogen-bond donors (Lipinski definition) is 4. The Labute approximate surface area is 171 Å². The number of rotatable bonds is 7. The first-order valence-corrected chi connectivity index (χ1v) is 10.5. The molecule has 7 nitrogen and oxygen atoms in total. The number of aliphatic hydroxyl groups is 2. The van der Waals surface area contributed by atoms with E-state index >= 15 is 0 Å². The van der Waals surface area contributed by atoms with E-state index in [9.17, 15) is 10.2 Å². The first-order valence-electron chi connectivity index (χ1n) is 10.5. The predicted molar refractivity (Wildman–Crippen MR) is 112 cm³/mol. The summed E-state index contributed by atoms with van der Waals surface area (Å²) in [5, 5.41) is 26.9. The quantitative estimate of drug-likeness (QED) is 0.569. The Hall–Kier alpha value is -2.22. The van der Waals surface area contributed by atoms with E-state index in [4.69, 9.17) is 4.74 Å². The van der Waals surface area contributed by atoms with Gasteiger partial charge in [-0.3, -0.25) is 0 Å². The lowest BCUT2D eigenvalue weighted by molar-refractivity contribution is 0.0210. The van der Waals surface area contributed by atoms with Crippen LogP contribution in [0.1, 0.15) is 38.2 Å². The van der Waals surface area contributed by atoms with Crippen LogP contribution < -0.4 is 10.6 Å². The van der Waals surface area contributed by atoms with Crippen LogP contribution in [0, 0.1) is 5.92 Å². The summed E-state index contributed by atoms with van der Waals surface area (Å²) in [6.07, 6.45) is 4.07. The molecule has 156 valence electrons. The van der Waals surface area contributed by atoms with Gasteiger partial charge in [0.25, 0.3) is 0 Å². The number of aromatic nitrogens is 2. The molecule has 2 aliphatic carbocycles. The summed E-state index contributed by atoms with van der Waals surface area (Å²) in [7, 11) is 0. The standard InChI is InChI=1S/C22H30N4O3/c1-14-10-17(22(28)21(14)27)26-20-11-19(23-13-24-20)25-16-8-5-9-18(16)29-12-15-6-3-2-4-7-15/h2-4,6-7,11,13-14,16-18,21-22,27-28H,5,8-10,12H2,1H3,(H2,23,24,25,26)/t14-,16+,17-,18+,21-,22+/m1/s1. The summed E-state index contributed by atoms with van der Waals surface area (Å²) in [5.41, 5.74) is 1.18. The van der Waals surface area contributed by atoms with E-state index in [0.717, 1.165) is 25.1 Å². The molecule has 0 saturated heterocycles. The molecule has 1 heterocycles. The molecule has 6 atom stereocenters. The lowest BCUT2D eigenvalue weighted by Gasteiger charge is -2.23. The van der Waals surface area contributed by atoms with Crippen LogP contribution >= 0.6 is 0 Å². The molecular weight excluding hydrogens is 368 g/mol. The number of nitrogens with one attached hydrogen (secondary N) is 2. The number of ether oxygens (including phenoxy) is 1. The van der Waals surface area contributed by atoms with Crippen LogP contribution in [0.3, 0.4) is 0 Å². The highest BCUT2D eigenvalue weighted by Gasteiger charge is 2.39. The van der Waals surface area contributed by atoms with Crippen molar-refractivity contribution in [1.82, 2.24) is 9.97 Å². The van der Waals surface area contributed by atoms with Crippen molar-refractivity contribution in [1.29, 1.82) is 0 Å². The van der Waals surface area contributed by atoms with E-state index in [0.29, 0.717) is 18.8 Å². The van der Waals surface area contributed by atoms with Gasteiger partial charge in [-0.25, -0.2) is 9.97 Å². The normalized spacial score (nSPS) is 31.7. The van der Waals surface area contributed by atoms with E-state index in [1.807, 2.05) is 31.2 Å². The Balaban J connectivity index is 1.34. The predicted octanol–water partition coefficient (Wildman–Crippen LogP) is 2.57. The minimum Gasteiger partial charge on any atom is -0.390 e. The lowest BCUT2D eigenvalue weighted by atomic mass is 10.1. The van der Waals surface area contributed by atoms with Crippen LogP contribution in [0.4, 0.5) is 11.6 Å². The van der Waals surface area contributed by atoms with Crippen molar-refractivity contribution in [3.05, 3.63) is 48.3 Å². The average molecular weight is 399 g/mol. The second-order valence-corrected chi connectivity index (χ2v) is 8.25. The van der Waals surface area contributed by atoms with Gasteiger partial charge in [-0.2, -0.15) is 0 Å². The van der Waals surface area contributed by atoms with Crippen LogP contribution in [0.15, 0.2) is 42.7 Å². The Morgan fingerprint density at radius 2 is 1.72 bits per heavy atom. The van der Waals surface area contributed by atoms with Crippen LogP contribution in [0.25, 0.3) is 0 Å². The maximum absolute atomic E-state index is 10.2. The van der Waals surface area contributed by atoms with Gasteiger partial charge in [-0.15, -0.1) is 0 Å². The smallest absolute Gasteiger partial charge is 0.131 e. The summed E-state index contributed by atoms with van der Waals surface area (Å²) < 4.78 is 6.17. The van der Waals surface area contributed by atoms with Gasteiger partial charge in [0.1, 0.15) is 24.1 Å². The average Bonchev–Trinajstić information content (AvgIpc) is 3.27. The molecule has 4 N–H and O–H groups in total. The topological polar surface area (TPSA) is 99.5 Å². The Bertz CT molecular complexity index is 791. The molecule has 1 aromatic carbocycles. The third kappa shape index (κ3) is 4.86. The zero-order valence-corrected chi connectivity index (χ0v) is 16.7. The van der Waals surface area contributed by atoms with E-state index in [-0.39, 0.29) is 24.1 Å². The van der Waals surface area contributed by atoms with Gasteiger partial charge in [0, 0.05) is 6.07 Å². The van der Waals surface area contributed by atoms with E-state index < -0.39 is 12.2 Å². The maximum Gasteiger partial charge on any atom is 0.131 e. The largest absolute Gasteiger partial charge is 0.390 e. The van der Waals surface area contributed by atoms with E-state index in [1.165, 1.54) is 11.9 Å². The van der Waals surface area contributed by atoms with Crippen molar-refractivity contribution < 1.29 is 14.9 Å². The highest BCUT2D eigenvalue weighted by atomic mass is 16.5. The molecule has 2 saturated carbocycles. The molecule has 7 heteroatoms. The number of aliphatic hydroxyl groups excluding tert-OH is 2. The van der Waals surface area contributed by atoms with Crippen LogP contribution in [-0.2, 0) is 11.3 Å². The third-order valence-corrected chi connectivity index (χ3v) is 6.06. The molecule has 0 unspecified atom stereocenters. The summed E-state index contributed by atoms with van der Waals surface area (Å²) in [6, 6.07) is 12.1. The van der Waals surface area contributed by atoms with Gasteiger partial charge in [0.05, 0.1) is 30.9 Å². The molecule has 2 aliphatic rings. The SMILES string of the molecule is C[C@@H]1C[C@@H](Nc2cc(N[C@H]3CCC[C@@H]3OCc3ccccc3)ncn2)[C@H](O)[C@@H]1O. The van der Waals surface area contributed by atoms with E-state index in [1.54, 1.807) is 0 Å². The fraction of sp³-hybridized carbons (Fsp3) is 0.545. The van der Waals surface area contributed by atoms with Gasteiger partial charge >= 0.3 is 0 Å². The fourth-order valence-corrected chi connectivity index (χ4v) is 4.36. The van der Waals surface area contributed by atoms with Crippen molar-refractivity contribution in [2.45, 2.75) is 69.6 Å². The Kier molecular flexibility index (Phi) is 6.28. The molecule has 0 radical (unpaired) electrons. The summed E-state index contributed by atoms with van der Waals surface area (Å²) >= 11 is 0. The zero-order chi connectivity index (χ0) is 20.2. The maximum atomic E-state index is 10.2. The molecule has 29 heavy (non-hydrogen) atoms. The number of anilines is 2. The van der Waals surface area contributed by atoms with Gasteiger partial charge < -0.3 is 25.6 Å². The summed E-state index contributed by atoms with van der Waals surface area (Å²) in [5.74, 6) is 1.44. The molecule has 1 aromatic heterocycles. The third-order valence-electron chi connectivity index (χ3n) is 6.06. The fourth-order valence-electron chi connectivity index (χ4n) is 4.36. The molecule has 0 spiro atoms. The van der Waals surface area contributed by atoms with Crippen LogP contribution in [0.5, 0.6) is 0 Å². The summed E-state index contributed by atoms with van der Waals surface area (Å²) in [4.78, 5) is 8.62. The van der Waals surface area contributed by atoms with Crippen molar-refractivity contribution in [3.63, 3.8) is 0 Å². The first kappa shape index (κ1) is 20.1. The minimum atomic E-state index is -0.790. The number of nitrogens with zero attached hydrogens (tertiary/aromatic N) is 2. The molecule has 2 aromatic rings. The molecule has 4 rings (SSSR count). The molecule has 2 fully saturated rings. The monoisotopic (exact) mass is 398 g/mol. The van der Waals surface area contributed by atoms with Crippen molar-refractivity contribution >= 4 is 11.6 Å². The molecule has 0 aliphatic heterocycles. The van der Waals surface area contributed by atoms with Gasteiger partial charge in [0.2, 0.25) is 0 Å². The van der Waals surface area contributed by atoms with Gasteiger partial charge in [0.15, 0.2) is 0 Å². The zero-order valence-electron chi connectivity index (χ0n) is 16.7. The Morgan fingerprint density at radius 3 is 2.41 bits per heavy atom. The highest BCUT2D eigenvalue weighted by molar-refractivity contribution is 5.48. The highest BCUT2D eigenvalue weighted by Crippen LogP contribution is 2.29. The second-order valence-electron chi connectivity index (χ2n) is 8.25. The molecule has 0 bridgehead atoms. The van der Waals surface area contributed by atoms with Gasteiger partial charge in [-0.1, -0.05) is 37.3 Å². The Morgan fingerprint density at radius 1 is 1.00 bits per heavy atom. The minimum absolute atomic E-state index is 0.0583. The van der Waals surface area contributed by atoms with Crippen molar-refractivity contribution in [2.24, 2.45) is 5.92 Å².